The minimum absolute atomic E-state index is 0.500. The SMILES string of the molecule is CN1CCOc2cc(-c3n[nH]c4ccnc(NC5CCCCC5)c34)ccc21. The second-order valence-corrected chi connectivity index (χ2v) is 7.59. The molecular formula is C21H25N5O. The van der Waals surface area contributed by atoms with Gasteiger partial charge in [0.25, 0.3) is 0 Å². The molecule has 1 aliphatic heterocycles. The van der Waals surface area contributed by atoms with E-state index < -0.39 is 0 Å². The molecule has 0 unspecified atom stereocenters. The molecule has 1 aromatic carbocycles. The number of benzene rings is 1. The van der Waals surface area contributed by atoms with Gasteiger partial charge in [-0.2, -0.15) is 5.10 Å². The highest BCUT2D eigenvalue weighted by molar-refractivity contribution is 6.00. The van der Waals surface area contributed by atoms with Gasteiger partial charge in [-0.3, -0.25) is 5.10 Å². The lowest BCUT2D eigenvalue weighted by Crippen LogP contribution is -2.28. The number of nitrogens with zero attached hydrogens (tertiary/aromatic N) is 3. The molecule has 0 bridgehead atoms. The van der Waals surface area contributed by atoms with E-state index in [0.29, 0.717) is 12.6 Å². The molecule has 140 valence electrons. The van der Waals surface area contributed by atoms with Gasteiger partial charge in [0.15, 0.2) is 0 Å². The molecule has 6 heteroatoms. The summed E-state index contributed by atoms with van der Waals surface area (Å²) in [6, 6.07) is 8.82. The van der Waals surface area contributed by atoms with Crippen molar-refractivity contribution in [2.45, 2.75) is 38.1 Å². The minimum Gasteiger partial charge on any atom is -0.490 e. The number of pyridine rings is 1. The Kier molecular flexibility index (Phi) is 4.11. The molecule has 1 aliphatic carbocycles. The summed E-state index contributed by atoms with van der Waals surface area (Å²) in [6.07, 6.45) is 8.20. The standard InChI is InChI=1S/C21H25N5O/c1-26-11-12-27-18-13-14(7-8-17(18)26)20-19-16(24-25-20)9-10-22-21(19)23-15-5-3-2-4-6-15/h7-10,13,15H,2-6,11-12H2,1H3,(H,22,23)(H,24,25). The Hall–Kier alpha value is -2.76. The highest BCUT2D eigenvalue weighted by Crippen LogP contribution is 2.38. The first-order valence-corrected chi connectivity index (χ1v) is 9.87. The van der Waals surface area contributed by atoms with Crippen LogP contribution in [0.1, 0.15) is 32.1 Å². The summed E-state index contributed by atoms with van der Waals surface area (Å²) in [5.74, 6) is 1.85. The second-order valence-electron chi connectivity index (χ2n) is 7.59. The van der Waals surface area contributed by atoms with Crippen LogP contribution in [0.4, 0.5) is 11.5 Å². The summed E-state index contributed by atoms with van der Waals surface area (Å²) in [7, 11) is 2.10. The van der Waals surface area contributed by atoms with Crippen LogP contribution in [0, 0.1) is 0 Å². The second kappa shape index (κ2) is 6.76. The maximum Gasteiger partial charge on any atom is 0.143 e. The average Bonchev–Trinajstić information content (AvgIpc) is 3.14. The number of anilines is 2. The summed E-state index contributed by atoms with van der Waals surface area (Å²) in [5.41, 5.74) is 4.11. The highest BCUT2D eigenvalue weighted by Gasteiger charge is 2.20. The van der Waals surface area contributed by atoms with Crippen molar-refractivity contribution in [3.63, 3.8) is 0 Å². The number of fused-ring (bicyclic) bond motifs is 2. The molecule has 3 heterocycles. The Morgan fingerprint density at radius 1 is 1.19 bits per heavy atom. The van der Waals surface area contributed by atoms with Gasteiger partial charge in [-0.05, 0) is 31.0 Å². The molecule has 2 aromatic heterocycles. The number of hydrogen-bond acceptors (Lipinski definition) is 5. The quantitative estimate of drug-likeness (QED) is 0.730. The monoisotopic (exact) mass is 363 g/mol. The van der Waals surface area contributed by atoms with E-state index >= 15 is 0 Å². The fourth-order valence-corrected chi connectivity index (χ4v) is 4.23. The Morgan fingerprint density at radius 3 is 2.96 bits per heavy atom. The molecule has 1 saturated carbocycles. The van der Waals surface area contributed by atoms with Crippen LogP contribution in [0.15, 0.2) is 30.5 Å². The molecule has 0 radical (unpaired) electrons. The van der Waals surface area contributed by atoms with Crippen molar-refractivity contribution >= 4 is 22.4 Å². The van der Waals surface area contributed by atoms with Crippen LogP contribution >= 0.6 is 0 Å². The van der Waals surface area contributed by atoms with Gasteiger partial charge in [-0.1, -0.05) is 25.3 Å². The minimum atomic E-state index is 0.500. The molecule has 6 nitrogen and oxygen atoms in total. The number of aromatic nitrogens is 3. The molecule has 0 amide bonds. The van der Waals surface area contributed by atoms with Crippen LogP contribution in [0.2, 0.25) is 0 Å². The topological polar surface area (TPSA) is 66.1 Å². The van der Waals surface area contributed by atoms with E-state index in [1.54, 1.807) is 0 Å². The van der Waals surface area contributed by atoms with E-state index in [1.807, 2.05) is 12.3 Å². The number of H-pyrrole nitrogens is 1. The largest absolute Gasteiger partial charge is 0.490 e. The smallest absolute Gasteiger partial charge is 0.143 e. The van der Waals surface area contributed by atoms with Crippen LogP contribution in [0.3, 0.4) is 0 Å². The Balaban J connectivity index is 1.55. The number of likely N-dealkylation sites (N-methyl/N-ethyl adjacent to an activating group) is 1. The van der Waals surface area contributed by atoms with E-state index in [-0.39, 0.29) is 0 Å². The van der Waals surface area contributed by atoms with E-state index in [9.17, 15) is 0 Å². The third kappa shape index (κ3) is 2.99. The lowest BCUT2D eigenvalue weighted by atomic mass is 9.95. The number of hydrogen-bond donors (Lipinski definition) is 2. The molecule has 2 N–H and O–H groups in total. The highest BCUT2D eigenvalue weighted by atomic mass is 16.5. The van der Waals surface area contributed by atoms with Gasteiger partial charge in [0.2, 0.25) is 0 Å². The lowest BCUT2D eigenvalue weighted by molar-refractivity contribution is 0.311. The third-order valence-electron chi connectivity index (χ3n) is 5.75. The van der Waals surface area contributed by atoms with E-state index in [4.69, 9.17) is 4.74 Å². The van der Waals surface area contributed by atoms with Gasteiger partial charge < -0.3 is 15.0 Å². The number of nitrogens with one attached hydrogen (secondary N) is 2. The van der Waals surface area contributed by atoms with Crippen molar-refractivity contribution < 1.29 is 4.74 Å². The molecule has 1 fully saturated rings. The Morgan fingerprint density at radius 2 is 2.07 bits per heavy atom. The molecule has 2 aliphatic rings. The van der Waals surface area contributed by atoms with Gasteiger partial charge in [0.05, 0.1) is 23.1 Å². The zero-order chi connectivity index (χ0) is 18.2. The fraction of sp³-hybridized carbons (Fsp3) is 0.429. The lowest BCUT2D eigenvalue weighted by Gasteiger charge is -2.27. The van der Waals surface area contributed by atoms with Crippen molar-refractivity contribution in [2.75, 3.05) is 30.4 Å². The van der Waals surface area contributed by atoms with Gasteiger partial charge in [-0.15, -0.1) is 0 Å². The summed E-state index contributed by atoms with van der Waals surface area (Å²) in [4.78, 5) is 6.87. The first-order chi connectivity index (χ1) is 13.3. The van der Waals surface area contributed by atoms with Crippen LogP contribution in [0.25, 0.3) is 22.2 Å². The van der Waals surface area contributed by atoms with Crippen LogP contribution in [0.5, 0.6) is 5.75 Å². The summed E-state index contributed by atoms with van der Waals surface area (Å²) >= 11 is 0. The van der Waals surface area contributed by atoms with Crippen molar-refractivity contribution in [3.8, 4) is 17.0 Å². The summed E-state index contributed by atoms with van der Waals surface area (Å²) in [6.45, 7) is 1.63. The summed E-state index contributed by atoms with van der Waals surface area (Å²) < 4.78 is 5.89. The summed E-state index contributed by atoms with van der Waals surface area (Å²) in [5, 5.41) is 12.5. The van der Waals surface area contributed by atoms with E-state index in [2.05, 4.69) is 50.6 Å². The van der Waals surface area contributed by atoms with Crippen molar-refractivity contribution in [1.82, 2.24) is 15.2 Å². The van der Waals surface area contributed by atoms with Gasteiger partial charge in [-0.25, -0.2) is 4.98 Å². The molecule has 0 spiro atoms. The predicted molar refractivity (Wildman–Crippen MR) is 109 cm³/mol. The molecule has 0 saturated heterocycles. The van der Waals surface area contributed by atoms with Crippen molar-refractivity contribution in [1.29, 1.82) is 0 Å². The molecular weight excluding hydrogens is 338 g/mol. The predicted octanol–water partition coefficient (Wildman–Crippen LogP) is 4.20. The molecule has 27 heavy (non-hydrogen) atoms. The fourth-order valence-electron chi connectivity index (χ4n) is 4.23. The van der Waals surface area contributed by atoms with Crippen molar-refractivity contribution in [3.05, 3.63) is 30.5 Å². The zero-order valence-electron chi connectivity index (χ0n) is 15.7. The van der Waals surface area contributed by atoms with Crippen LogP contribution in [-0.4, -0.2) is 41.4 Å². The number of aromatic amines is 1. The van der Waals surface area contributed by atoms with Crippen molar-refractivity contribution in [2.24, 2.45) is 0 Å². The van der Waals surface area contributed by atoms with Crippen LogP contribution in [-0.2, 0) is 0 Å². The Labute approximate surface area is 158 Å². The van der Waals surface area contributed by atoms with Gasteiger partial charge >= 0.3 is 0 Å². The maximum atomic E-state index is 5.89. The first kappa shape index (κ1) is 16.4. The Bertz CT molecular complexity index is 960. The number of rotatable bonds is 3. The molecule has 0 atom stereocenters. The third-order valence-corrected chi connectivity index (χ3v) is 5.75. The molecule has 3 aromatic rings. The first-order valence-electron chi connectivity index (χ1n) is 9.87. The van der Waals surface area contributed by atoms with Crippen LogP contribution < -0.4 is 15.0 Å². The number of ether oxygens (including phenoxy) is 1. The normalized spacial score (nSPS) is 17.6. The van der Waals surface area contributed by atoms with Gasteiger partial charge in [0.1, 0.15) is 23.9 Å². The van der Waals surface area contributed by atoms with Gasteiger partial charge in [0, 0.05) is 24.8 Å². The maximum absolute atomic E-state index is 5.89. The zero-order valence-corrected chi connectivity index (χ0v) is 15.7. The van der Waals surface area contributed by atoms with E-state index in [1.165, 1.54) is 32.1 Å². The molecule has 5 rings (SSSR count). The van der Waals surface area contributed by atoms with E-state index in [0.717, 1.165) is 46.0 Å². The average molecular weight is 363 g/mol.